The molecule has 12 heteroatoms. The highest BCUT2D eigenvalue weighted by Gasteiger charge is 2.25. The maximum Gasteiger partial charge on any atom is 0.268 e. The summed E-state index contributed by atoms with van der Waals surface area (Å²) in [7, 11) is -2.97. The summed E-state index contributed by atoms with van der Waals surface area (Å²) >= 11 is 5.82. The molecular weight excluding hydrogens is 471 g/mol. The lowest BCUT2D eigenvalue weighted by Gasteiger charge is -2.22. The third-order valence-corrected chi connectivity index (χ3v) is 7.46. The van der Waals surface area contributed by atoms with E-state index in [1.807, 2.05) is 10.9 Å². The molecule has 0 aliphatic carbocycles. The molecule has 1 aromatic carbocycles. The maximum absolute atomic E-state index is 13.6. The molecule has 4 rings (SSSR count). The number of piperidine rings is 1. The molecule has 2 aromatic heterocycles. The number of carbonyl (C=O) groups excluding carboxylic acids is 1. The molecule has 0 radical (unpaired) electrons. The van der Waals surface area contributed by atoms with Crippen LogP contribution in [0.2, 0.25) is 5.02 Å². The van der Waals surface area contributed by atoms with E-state index in [0.717, 1.165) is 37.6 Å². The number of sulfonamides is 1. The molecule has 0 unspecified atom stereocenters. The van der Waals surface area contributed by atoms with Gasteiger partial charge in [0.15, 0.2) is 0 Å². The second-order valence-corrected chi connectivity index (χ2v) is 9.96. The van der Waals surface area contributed by atoms with Gasteiger partial charge < -0.3 is 5.32 Å². The number of benzene rings is 1. The van der Waals surface area contributed by atoms with Gasteiger partial charge in [0.05, 0.1) is 22.8 Å². The molecule has 1 fully saturated rings. The van der Waals surface area contributed by atoms with E-state index in [1.54, 1.807) is 12.4 Å². The highest BCUT2D eigenvalue weighted by atomic mass is 35.5. The first-order chi connectivity index (χ1) is 15.8. The molecule has 0 spiro atoms. The van der Waals surface area contributed by atoms with Crippen molar-refractivity contribution in [2.24, 2.45) is 0 Å². The van der Waals surface area contributed by atoms with Crippen molar-refractivity contribution in [1.29, 1.82) is 0 Å². The molecule has 174 valence electrons. The lowest BCUT2D eigenvalue weighted by Crippen LogP contribution is -2.43. The second-order valence-electron chi connectivity index (χ2n) is 7.61. The first kappa shape index (κ1) is 23.3. The van der Waals surface area contributed by atoms with Crippen LogP contribution in [0.25, 0.3) is 11.1 Å². The molecule has 1 amide bonds. The SMILES string of the molecule is CN(NC(=O)c1cccc(F)c1Cl)S(=O)(=O)c1cncc(-c2cnn(C3CCNCC3)c2)c1. The number of nitrogens with zero attached hydrogens (tertiary/aromatic N) is 4. The summed E-state index contributed by atoms with van der Waals surface area (Å²) in [5.41, 5.74) is 3.34. The third kappa shape index (κ3) is 4.91. The quantitative estimate of drug-likeness (QED) is 0.512. The average Bonchev–Trinajstić information content (AvgIpc) is 3.32. The van der Waals surface area contributed by atoms with Crippen molar-refractivity contribution < 1.29 is 17.6 Å². The van der Waals surface area contributed by atoms with Gasteiger partial charge in [-0.1, -0.05) is 17.7 Å². The van der Waals surface area contributed by atoms with Crippen LogP contribution in [0.1, 0.15) is 29.2 Å². The number of pyridine rings is 1. The monoisotopic (exact) mass is 492 g/mol. The van der Waals surface area contributed by atoms with Gasteiger partial charge in [0, 0.05) is 36.8 Å². The standard InChI is InChI=1S/C21H22ClFN6O3S/c1-28(27-21(30)18-3-2-4-19(23)20(18)22)33(31,32)17-9-14(10-25-12-17)15-11-26-29(13-15)16-5-7-24-8-6-16/h2-4,9-13,16,24H,5-8H2,1H3,(H,27,30). The normalized spacial score (nSPS) is 15.0. The summed E-state index contributed by atoms with van der Waals surface area (Å²) in [4.78, 5) is 16.4. The minimum atomic E-state index is -4.14. The van der Waals surface area contributed by atoms with E-state index in [9.17, 15) is 17.6 Å². The number of halogens is 2. The smallest absolute Gasteiger partial charge is 0.268 e. The fourth-order valence-electron chi connectivity index (χ4n) is 3.58. The van der Waals surface area contributed by atoms with Crippen LogP contribution in [0.4, 0.5) is 4.39 Å². The fourth-order valence-corrected chi connectivity index (χ4v) is 4.78. The largest absolute Gasteiger partial charge is 0.317 e. The number of nitrogens with one attached hydrogen (secondary N) is 2. The highest BCUT2D eigenvalue weighted by Crippen LogP contribution is 2.25. The van der Waals surface area contributed by atoms with Crippen molar-refractivity contribution in [1.82, 2.24) is 29.9 Å². The van der Waals surface area contributed by atoms with Gasteiger partial charge in [-0.2, -0.15) is 5.10 Å². The number of hydrazine groups is 1. The van der Waals surface area contributed by atoms with Crippen molar-refractivity contribution in [3.63, 3.8) is 0 Å². The molecule has 1 saturated heterocycles. The molecule has 0 bridgehead atoms. The lowest BCUT2D eigenvalue weighted by molar-refractivity contribution is 0.0893. The summed E-state index contributed by atoms with van der Waals surface area (Å²) in [5, 5.41) is 7.35. The van der Waals surface area contributed by atoms with Crippen molar-refractivity contribution in [2.75, 3.05) is 20.1 Å². The summed E-state index contributed by atoms with van der Waals surface area (Å²) < 4.78 is 42.2. The zero-order valence-electron chi connectivity index (χ0n) is 17.7. The number of amides is 1. The minimum Gasteiger partial charge on any atom is -0.317 e. The Morgan fingerprint density at radius 3 is 2.76 bits per heavy atom. The molecule has 1 aliphatic heterocycles. The van der Waals surface area contributed by atoms with Gasteiger partial charge >= 0.3 is 0 Å². The Kier molecular flexibility index (Phi) is 6.75. The van der Waals surface area contributed by atoms with Gasteiger partial charge in [0.25, 0.3) is 15.9 Å². The van der Waals surface area contributed by atoms with Gasteiger partial charge in [0.2, 0.25) is 0 Å². The predicted molar refractivity (Wildman–Crippen MR) is 120 cm³/mol. The van der Waals surface area contributed by atoms with E-state index in [2.05, 4.69) is 20.8 Å². The lowest BCUT2D eigenvalue weighted by atomic mass is 10.1. The van der Waals surface area contributed by atoms with E-state index in [0.29, 0.717) is 9.98 Å². The highest BCUT2D eigenvalue weighted by molar-refractivity contribution is 7.89. The Morgan fingerprint density at radius 2 is 2.00 bits per heavy atom. The number of rotatable bonds is 6. The van der Waals surface area contributed by atoms with Crippen LogP contribution in [0.5, 0.6) is 0 Å². The molecule has 3 heterocycles. The van der Waals surface area contributed by atoms with Crippen molar-refractivity contribution in [3.8, 4) is 11.1 Å². The van der Waals surface area contributed by atoms with Crippen LogP contribution in [0.3, 0.4) is 0 Å². The van der Waals surface area contributed by atoms with E-state index >= 15 is 0 Å². The number of hydrogen-bond acceptors (Lipinski definition) is 6. The predicted octanol–water partition coefficient (Wildman–Crippen LogP) is 2.63. The Morgan fingerprint density at radius 1 is 1.24 bits per heavy atom. The van der Waals surface area contributed by atoms with Gasteiger partial charge in [-0.15, -0.1) is 4.41 Å². The molecule has 9 nitrogen and oxygen atoms in total. The van der Waals surface area contributed by atoms with Crippen molar-refractivity contribution in [3.05, 3.63) is 65.5 Å². The Labute approximate surface area is 195 Å². The van der Waals surface area contributed by atoms with E-state index in [-0.39, 0.29) is 16.5 Å². The number of carbonyl (C=O) groups is 1. The zero-order valence-corrected chi connectivity index (χ0v) is 19.3. The molecule has 2 N–H and O–H groups in total. The summed E-state index contributed by atoms with van der Waals surface area (Å²) in [6.45, 7) is 1.85. The summed E-state index contributed by atoms with van der Waals surface area (Å²) in [6.07, 6.45) is 8.22. The first-order valence-corrected chi connectivity index (χ1v) is 12.0. The molecule has 3 aromatic rings. The van der Waals surface area contributed by atoms with Gasteiger partial charge in [-0.05, 0) is 44.1 Å². The van der Waals surface area contributed by atoms with Crippen LogP contribution in [0.15, 0.2) is 53.9 Å². The molecule has 33 heavy (non-hydrogen) atoms. The van der Waals surface area contributed by atoms with Crippen LogP contribution in [-0.2, 0) is 10.0 Å². The van der Waals surface area contributed by atoms with Crippen LogP contribution >= 0.6 is 11.6 Å². The summed E-state index contributed by atoms with van der Waals surface area (Å²) in [5.74, 6) is -1.64. The topological polar surface area (TPSA) is 109 Å². The average molecular weight is 493 g/mol. The second kappa shape index (κ2) is 9.56. The molecule has 0 saturated carbocycles. The van der Waals surface area contributed by atoms with Gasteiger partial charge in [-0.25, -0.2) is 12.8 Å². The van der Waals surface area contributed by atoms with Gasteiger partial charge in [0.1, 0.15) is 10.7 Å². The molecule has 1 aliphatic rings. The number of aromatic nitrogens is 3. The Bertz CT molecular complexity index is 1280. The Balaban J connectivity index is 1.54. The van der Waals surface area contributed by atoms with Crippen molar-refractivity contribution >= 4 is 27.5 Å². The van der Waals surface area contributed by atoms with Crippen molar-refractivity contribution in [2.45, 2.75) is 23.8 Å². The minimum absolute atomic E-state index is 0.122. The maximum atomic E-state index is 13.6. The molecule has 0 atom stereocenters. The number of hydrogen-bond donors (Lipinski definition) is 2. The first-order valence-electron chi connectivity index (χ1n) is 10.2. The van der Waals surface area contributed by atoms with E-state index < -0.39 is 26.8 Å². The zero-order chi connectivity index (χ0) is 23.6. The summed E-state index contributed by atoms with van der Waals surface area (Å²) in [6, 6.07) is 5.45. The van der Waals surface area contributed by atoms with Crippen LogP contribution < -0.4 is 10.7 Å². The van der Waals surface area contributed by atoms with Crippen LogP contribution in [0, 0.1) is 5.82 Å². The fraction of sp³-hybridized carbons (Fsp3) is 0.286. The third-order valence-electron chi connectivity index (χ3n) is 5.44. The van der Waals surface area contributed by atoms with E-state index in [1.165, 1.54) is 31.4 Å². The van der Waals surface area contributed by atoms with Gasteiger partial charge in [-0.3, -0.25) is 19.9 Å². The van der Waals surface area contributed by atoms with E-state index in [4.69, 9.17) is 11.6 Å². The Hall–Kier alpha value is -2.86. The van der Waals surface area contributed by atoms with Crippen LogP contribution in [-0.4, -0.2) is 53.6 Å². The molecular formula is C21H22ClFN6O3S.